The number of hydrogen-bond acceptors (Lipinski definition) is 4. The number of hydrogen-bond donors (Lipinski definition) is 1. The van der Waals surface area contributed by atoms with Crippen LogP contribution in [0, 0.1) is 5.92 Å². The van der Waals surface area contributed by atoms with Crippen LogP contribution in [0.1, 0.15) is 16.8 Å². The Hall–Kier alpha value is -1.17. The summed E-state index contributed by atoms with van der Waals surface area (Å²) >= 11 is 5.95. The van der Waals surface area contributed by atoms with Gasteiger partial charge in [0, 0.05) is 39.1 Å². The average Bonchev–Trinajstić information content (AvgIpc) is 2.91. The second-order valence-electron chi connectivity index (χ2n) is 5.01. The van der Waals surface area contributed by atoms with Crippen molar-refractivity contribution in [1.29, 1.82) is 0 Å². The first-order chi connectivity index (χ1) is 9.70. The number of pyridine rings is 1. The Labute approximate surface area is 124 Å². The zero-order chi connectivity index (χ0) is 14.4. The number of nitrogens with one attached hydrogen (secondary N) is 1. The van der Waals surface area contributed by atoms with Gasteiger partial charge in [0.25, 0.3) is 5.91 Å². The van der Waals surface area contributed by atoms with E-state index < -0.39 is 0 Å². The summed E-state index contributed by atoms with van der Waals surface area (Å²) in [6.07, 6.45) is 4.16. The van der Waals surface area contributed by atoms with Crippen LogP contribution in [0.4, 0.5) is 0 Å². The molecule has 0 bridgehead atoms. The minimum Gasteiger partial charge on any atom is -0.383 e. The van der Waals surface area contributed by atoms with Gasteiger partial charge in [0.05, 0.1) is 17.2 Å². The Kier molecular flexibility index (Phi) is 5.76. The Morgan fingerprint density at radius 1 is 1.65 bits per heavy atom. The molecule has 110 valence electrons. The SMILES string of the molecule is COCCN1CC[C@H](CNC(=O)c2ccncc2Cl)C1. The number of halogens is 1. The molecule has 2 rings (SSSR count). The number of likely N-dealkylation sites (tertiary alicyclic amines) is 1. The van der Waals surface area contributed by atoms with E-state index in [1.54, 1.807) is 19.4 Å². The molecule has 1 saturated heterocycles. The van der Waals surface area contributed by atoms with Crippen LogP contribution in [0.2, 0.25) is 5.02 Å². The molecule has 1 N–H and O–H groups in total. The lowest BCUT2D eigenvalue weighted by Crippen LogP contribution is -2.31. The molecule has 20 heavy (non-hydrogen) atoms. The summed E-state index contributed by atoms with van der Waals surface area (Å²) in [5.74, 6) is 0.365. The van der Waals surface area contributed by atoms with Crippen molar-refractivity contribution in [2.24, 2.45) is 5.92 Å². The third-order valence-electron chi connectivity index (χ3n) is 3.55. The van der Waals surface area contributed by atoms with Crippen molar-refractivity contribution in [1.82, 2.24) is 15.2 Å². The molecule has 0 aromatic carbocycles. The zero-order valence-electron chi connectivity index (χ0n) is 11.6. The molecule has 1 fully saturated rings. The largest absolute Gasteiger partial charge is 0.383 e. The van der Waals surface area contributed by atoms with Gasteiger partial charge in [0.15, 0.2) is 0 Å². The molecule has 1 amide bonds. The molecule has 1 atom stereocenters. The molecule has 0 radical (unpaired) electrons. The van der Waals surface area contributed by atoms with E-state index in [0.29, 0.717) is 23.0 Å². The van der Waals surface area contributed by atoms with Crippen LogP contribution in [0.25, 0.3) is 0 Å². The topological polar surface area (TPSA) is 54.5 Å². The highest BCUT2D eigenvalue weighted by Crippen LogP contribution is 2.16. The highest BCUT2D eigenvalue weighted by Gasteiger charge is 2.22. The van der Waals surface area contributed by atoms with Crippen LogP contribution in [0.15, 0.2) is 18.5 Å². The van der Waals surface area contributed by atoms with Crippen molar-refractivity contribution >= 4 is 17.5 Å². The number of carbonyl (C=O) groups excluding carboxylic acids is 1. The standard InChI is InChI=1S/C14H20ClN3O2/c1-20-7-6-18-5-3-11(10-18)8-17-14(19)12-2-4-16-9-13(12)15/h2,4,9,11H,3,5-8,10H2,1H3,(H,17,19)/t11-/m1/s1. The van der Waals surface area contributed by atoms with E-state index in [2.05, 4.69) is 15.2 Å². The van der Waals surface area contributed by atoms with E-state index in [0.717, 1.165) is 32.7 Å². The van der Waals surface area contributed by atoms with Gasteiger partial charge < -0.3 is 15.0 Å². The Bertz CT molecular complexity index is 456. The number of amides is 1. The van der Waals surface area contributed by atoms with E-state index in [1.165, 1.54) is 6.20 Å². The van der Waals surface area contributed by atoms with Gasteiger partial charge in [-0.15, -0.1) is 0 Å². The fraction of sp³-hybridized carbons (Fsp3) is 0.571. The van der Waals surface area contributed by atoms with E-state index in [1.807, 2.05) is 0 Å². The summed E-state index contributed by atoms with van der Waals surface area (Å²) in [7, 11) is 1.71. The van der Waals surface area contributed by atoms with Crippen LogP contribution < -0.4 is 5.32 Å². The van der Waals surface area contributed by atoms with Gasteiger partial charge in [-0.25, -0.2) is 0 Å². The minimum atomic E-state index is -0.132. The highest BCUT2D eigenvalue weighted by molar-refractivity contribution is 6.33. The number of aromatic nitrogens is 1. The smallest absolute Gasteiger partial charge is 0.252 e. The molecule has 0 spiro atoms. The number of ether oxygens (including phenoxy) is 1. The molecule has 1 aliphatic rings. The van der Waals surface area contributed by atoms with Crippen molar-refractivity contribution in [3.05, 3.63) is 29.0 Å². The maximum absolute atomic E-state index is 12.0. The Balaban J connectivity index is 1.76. The molecule has 0 aliphatic carbocycles. The van der Waals surface area contributed by atoms with Gasteiger partial charge in [0.1, 0.15) is 0 Å². The molecular formula is C14H20ClN3O2. The van der Waals surface area contributed by atoms with Crippen LogP contribution in [0.5, 0.6) is 0 Å². The van der Waals surface area contributed by atoms with Gasteiger partial charge in [-0.1, -0.05) is 11.6 Å². The normalized spacial score (nSPS) is 19.2. The molecule has 1 aromatic rings. The van der Waals surface area contributed by atoms with Gasteiger partial charge >= 0.3 is 0 Å². The molecule has 1 aromatic heterocycles. The van der Waals surface area contributed by atoms with Crippen LogP contribution in [0.3, 0.4) is 0 Å². The predicted molar refractivity (Wildman–Crippen MR) is 78.0 cm³/mol. The fourth-order valence-corrected chi connectivity index (χ4v) is 2.60. The molecule has 1 aliphatic heterocycles. The number of methoxy groups -OCH3 is 1. The lowest BCUT2D eigenvalue weighted by atomic mass is 10.1. The summed E-state index contributed by atoms with van der Waals surface area (Å²) < 4.78 is 5.08. The van der Waals surface area contributed by atoms with Gasteiger partial charge in [0.2, 0.25) is 0 Å². The average molecular weight is 298 g/mol. The molecular weight excluding hydrogens is 278 g/mol. The van der Waals surface area contributed by atoms with Crippen molar-refractivity contribution in [2.45, 2.75) is 6.42 Å². The summed E-state index contributed by atoms with van der Waals surface area (Å²) in [6, 6.07) is 1.64. The predicted octanol–water partition coefficient (Wildman–Crippen LogP) is 1.43. The van der Waals surface area contributed by atoms with Crippen LogP contribution in [-0.2, 0) is 4.74 Å². The van der Waals surface area contributed by atoms with E-state index in [-0.39, 0.29) is 5.91 Å². The van der Waals surface area contributed by atoms with Crippen molar-refractivity contribution in [3.63, 3.8) is 0 Å². The van der Waals surface area contributed by atoms with Crippen LogP contribution in [-0.4, -0.2) is 55.7 Å². The van der Waals surface area contributed by atoms with E-state index in [4.69, 9.17) is 16.3 Å². The second kappa shape index (κ2) is 7.57. The van der Waals surface area contributed by atoms with Crippen molar-refractivity contribution in [3.8, 4) is 0 Å². The van der Waals surface area contributed by atoms with E-state index >= 15 is 0 Å². The summed E-state index contributed by atoms with van der Waals surface area (Å²) in [4.78, 5) is 18.3. The summed E-state index contributed by atoms with van der Waals surface area (Å²) in [6.45, 7) is 4.47. The number of nitrogens with zero attached hydrogens (tertiary/aromatic N) is 2. The highest BCUT2D eigenvalue weighted by atomic mass is 35.5. The molecule has 6 heteroatoms. The molecule has 5 nitrogen and oxygen atoms in total. The fourth-order valence-electron chi connectivity index (χ4n) is 2.39. The van der Waals surface area contributed by atoms with Crippen LogP contribution >= 0.6 is 11.6 Å². The zero-order valence-corrected chi connectivity index (χ0v) is 12.4. The van der Waals surface area contributed by atoms with Gasteiger partial charge in [-0.05, 0) is 24.9 Å². The first kappa shape index (κ1) is 15.2. The third-order valence-corrected chi connectivity index (χ3v) is 3.85. The second-order valence-corrected chi connectivity index (χ2v) is 5.42. The quantitative estimate of drug-likeness (QED) is 0.863. The maximum atomic E-state index is 12.0. The lowest BCUT2D eigenvalue weighted by Gasteiger charge is -2.15. The first-order valence-corrected chi connectivity index (χ1v) is 7.17. The van der Waals surface area contributed by atoms with E-state index in [9.17, 15) is 4.79 Å². The Morgan fingerprint density at radius 3 is 3.25 bits per heavy atom. The third kappa shape index (κ3) is 4.16. The van der Waals surface area contributed by atoms with Gasteiger partial charge in [-0.3, -0.25) is 9.78 Å². The molecule has 0 saturated carbocycles. The van der Waals surface area contributed by atoms with Crippen molar-refractivity contribution in [2.75, 3.05) is 39.9 Å². The monoisotopic (exact) mass is 297 g/mol. The lowest BCUT2D eigenvalue weighted by molar-refractivity contribution is 0.0946. The number of carbonyl (C=O) groups is 1. The van der Waals surface area contributed by atoms with Crippen molar-refractivity contribution < 1.29 is 9.53 Å². The molecule has 0 unspecified atom stereocenters. The summed E-state index contributed by atoms with van der Waals surface area (Å²) in [5, 5.41) is 3.34. The summed E-state index contributed by atoms with van der Waals surface area (Å²) in [5.41, 5.74) is 0.482. The number of rotatable bonds is 6. The Morgan fingerprint density at radius 2 is 2.50 bits per heavy atom. The first-order valence-electron chi connectivity index (χ1n) is 6.79. The molecule has 2 heterocycles. The minimum absolute atomic E-state index is 0.132. The van der Waals surface area contributed by atoms with Gasteiger partial charge in [-0.2, -0.15) is 0 Å². The maximum Gasteiger partial charge on any atom is 0.252 e.